The van der Waals surface area contributed by atoms with Gasteiger partial charge in [0.1, 0.15) is 5.82 Å². The number of pyridine rings is 1. The molecule has 2 heterocycles. The monoisotopic (exact) mass is 308 g/mol. The highest BCUT2D eigenvalue weighted by Crippen LogP contribution is 2.08. The summed E-state index contributed by atoms with van der Waals surface area (Å²) in [6, 6.07) is 10.8. The maximum absolute atomic E-state index is 12.0. The Bertz CT molecular complexity index is 874. The molecule has 3 aromatic rings. The van der Waals surface area contributed by atoms with E-state index in [9.17, 15) is 9.59 Å². The predicted molar refractivity (Wildman–Crippen MR) is 88.2 cm³/mol. The molecule has 0 spiro atoms. The number of nitrogens with one attached hydrogen (secondary N) is 2. The molecule has 3 rings (SSSR count). The van der Waals surface area contributed by atoms with Crippen LogP contribution in [-0.4, -0.2) is 20.9 Å². The van der Waals surface area contributed by atoms with Crippen LogP contribution in [0.25, 0.3) is 10.9 Å². The summed E-state index contributed by atoms with van der Waals surface area (Å²) < 4.78 is 0. The molecule has 6 heteroatoms. The summed E-state index contributed by atoms with van der Waals surface area (Å²) in [7, 11) is 0. The molecular weight excluding hydrogens is 292 g/mol. The molecule has 1 aromatic carbocycles. The Morgan fingerprint density at radius 1 is 1.17 bits per heavy atom. The minimum absolute atomic E-state index is 0.0823. The van der Waals surface area contributed by atoms with Gasteiger partial charge in [-0.1, -0.05) is 12.1 Å². The Morgan fingerprint density at radius 3 is 2.87 bits per heavy atom. The van der Waals surface area contributed by atoms with Crippen molar-refractivity contribution in [3.63, 3.8) is 0 Å². The lowest BCUT2D eigenvalue weighted by Crippen LogP contribution is -2.14. The second-order valence-corrected chi connectivity index (χ2v) is 5.17. The molecular formula is C17H16N4O2. The second-order valence-electron chi connectivity index (χ2n) is 5.17. The van der Waals surface area contributed by atoms with E-state index in [1.54, 1.807) is 30.6 Å². The lowest BCUT2D eigenvalue weighted by molar-refractivity contribution is -0.116. The van der Waals surface area contributed by atoms with Gasteiger partial charge in [-0.2, -0.15) is 0 Å². The maximum Gasteiger partial charge on any atom is 0.258 e. The fourth-order valence-electron chi connectivity index (χ4n) is 2.33. The van der Waals surface area contributed by atoms with Crippen molar-refractivity contribution in [2.45, 2.75) is 19.3 Å². The van der Waals surface area contributed by atoms with E-state index in [-0.39, 0.29) is 11.5 Å². The van der Waals surface area contributed by atoms with Crippen molar-refractivity contribution in [1.29, 1.82) is 0 Å². The summed E-state index contributed by atoms with van der Waals surface area (Å²) in [5, 5.41) is 3.35. The Morgan fingerprint density at radius 2 is 2.04 bits per heavy atom. The molecule has 0 unspecified atom stereocenters. The van der Waals surface area contributed by atoms with Crippen LogP contribution in [0.1, 0.15) is 18.7 Å². The van der Waals surface area contributed by atoms with Crippen molar-refractivity contribution < 1.29 is 4.79 Å². The number of benzene rings is 1. The van der Waals surface area contributed by atoms with Gasteiger partial charge < -0.3 is 10.3 Å². The van der Waals surface area contributed by atoms with Gasteiger partial charge in [0.15, 0.2) is 0 Å². The first-order valence-corrected chi connectivity index (χ1v) is 7.40. The van der Waals surface area contributed by atoms with Crippen molar-refractivity contribution in [1.82, 2.24) is 15.0 Å². The fourth-order valence-corrected chi connectivity index (χ4v) is 2.33. The highest BCUT2D eigenvalue weighted by Gasteiger charge is 2.06. The van der Waals surface area contributed by atoms with Gasteiger partial charge in [-0.15, -0.1) is 0 Å². The standard InChI is InChI=1S/C17H16N4O2/c22-16(19-12-5-4-10-18-11-12)9-3-8-15-20-14-7-2-1-6-13(14)17(23)21-15/h1-2,4-7,10-11H,3,8-9H2,(H,19,22)(H,20,21,23). The van der Waals surface area contributed by atoms with Gasteiger partial charge in [0.25, 0.3) is 5.56 Å². The largest absolute Gasteiger partial charge is 0.325 e. The molecule has 6 nitrogen and oxygen atoms in total. The fraction of sp³-hybridized carbons (Fsp3) is 0.176. The number of hydrogen-bond acceptors (Lipinski definition) is 4. The summed E-state index contributed by atoms with van der Waals surface area (Å²) in [5.74, 6) is 0.518. The van der Waals surface area contributed by atoms with E-state index < -0.39 is 0 Å². The number of carbonyl (C=O) groups is 1. The van der Waals surface area contributed by atoms with E-state index in [0.717, 1.165) is 0 Å². The van der Waals surface area contributed by atoms with Crippen molar-refractivity contribution in [2.75, 3.05) is 5.32 Å². The van der Waals surface area contributed by atoms with Crippen LogP contribution in [0.2, 0.25) is 0 Å². The molecule has 0 bridgehead atoms. The van der Waals surface area contributed by atoms with Crippen LogP contribution in [0.4, 0.5) is 5.69 Å². The summed E-state index contributed by atoms with van der Waals surface area (Å²) >= 11 is 0. The Labute approximate surface area is 132 Å². The highest BCUT2D eigenvalue weighted by atomic mass is 16.1. The van der Waals surface area contributed by atoms with Crippen LogP contribution in [-0.2, 0) is 11.2 Å². The predicted octanol–water partition coefficient (Wildman–Crippen LogP) is 2.28. The van der Waals surface area contributed by atoms with Gasteiger partial charge in [-0.3, -0.25) is 14.6 Å². The van der Waals surface area contributed by atoms with E-state index >= 15 is 0 Å². The molecule has 2 aromatic heterocycles. The first-order valence-electron chi connectivity index (χ1n) is 7.40. The van der Waals surface area contributed by atoms with E-state index in [2.05, 4.69) is 20.3 Å². The number of fused-ring (bicyclic) bond motifs is 1. The van der Waals surface area contributed by atoms with E-state index in [4.69, 9.17) is 0 Å². The number of anilines is 1. The summed E-state index contributed by atoms with van der Waals surface area (Å²) in [5.41, 5.74) is 1.20. The van der Waals surface area contributed by atoms with Gasteiger partial charge in [0.2, 0.25) is 5.91 Å². The first-order chi connectivity index (χ1) is 11.2. The number of rotatable bonds is 5. The highest BCUT2D eigenvalue weighted by molar-refractivity contribution is 5.90. The lowest BCUT2D eigenvalue weighted by Gasteiger charge is -2.05. The first kappa shape index (κ1) is 14.9. The number of nitrogens with zero attached hydrogens (tertiary/aromatic N) is 2. The SMILES string of the molecule is O=C(CCCc1nc2ccccc2c(=O)[nH]1)Nc1cccnc1. The maximum atomic E-state index is 12.0. The molecule has 0 fully saturated rings. The number of hydrogen-bond donors (Lipinski definition) is 2. The second kappa shape index (κ2) is 6.83. The number of aromatic nitrogens is 3. The number of H-pyrrole nitrogens is 1. The Kier molecular flexibility index (Phi) is 4.42. The minimum atomic E-state index is -0.148. The number of aromatic amines is 1. The Balaban J connectivity index is 1.58. The molecule has 0 atom stereocenters. The zero-order chi connectivity index (χ0) is 16.1. The third kappa shape index (κ3) is 3.79. The molecule has 23 heavy (non-hydrogen) atoms. The van der Waals surface area contributed by atoms with Crippen LogP contribution in [0.5, 0.6) is 0 Å². The zero-order valence-electron chi connectivity index (χ0n) is 12.5. The number of para-hydroxylation sites is 1. The molecule has 116 valence electrons. The van der Waals surface area contributed by atoms with Crippen LogP contribution in [0.15, 0.2) is 53.6 Å². The topological polar surface area (TPSA) is 87.7 Å². The van der Waals surface area contributed by atoms with E-state index in [1.807, 2.05) is 18.2 Å². The average Bonchev–Trinajstić information content (AvgIpc) is 2.56. The molecule has 0 saturated carbocycles. The van der Waals surface area contributed by atoms with E-state index in [1.165, 1.54) is 0 Å². The quantitative estimate of drug-likeness (QED) is 0.757. The molecule has 0 radical (unpaired) electrons. The molecule has 0 aliphatic heterocycles. The summed E-state index contributed by atoms with van der Waals surface area (Å²) in [6.45, 7) is 0. The van der Waals surface area contributed by atoms with Gasteiger partial charge in [-0.25, -0.2) is 4.98 Å². The molecule has 2 N–H and O–H groups in total. The van der Waals surface area contributed by atoms with Crippen LogP contribution < -0.4 is 10.9 Å². The third-order valence-corrected chi connectivity index (χ3v) is 3.42. The minimum Gasteiger partial charge on any atom is -0.325 e. The van der Waals surface area contributed by atoms with Crippen LogP contribution in [0.3, 0.4) is 0 Å². The zero-order valence-corrected chi connectivity index (χ0v) is 12.5. The van der Waals surface area contributed by atoms with Gasteiger partial charge in [-0.05, 0) is 30.7 Å². The number of aryl methyl sites for hydroxylation is 1. The van der Waals surface area contributed by atoms with Crippen molar-refractivity contribution in [3.8, 4) is 0 Å². The smallest absolute Gasteiger partial charge is 0.258 e. The van der Waals surface area contributed by atoms with Gasteiger partial charge >= 0.3 is 0 Å². The van der Waals surface area contributed by atoms with E-state index in [0.29, 0.717) is 41.7 Å². The van der Waals surface area contributed by atoms with Crippen molar-refractivity contribution in [2.24, 2.45) is 0 Å². The number of carbonyl (C=O) groups excluding carboxylic acids is 1. The van der Waals surface area contributed by atoms with Crippen molar-refractivity contribution >= 4 is 22.5 Å². The normalized spacial score (nSPS) is 10.6. The molecule has 0 saturated heterocycles. The molecule has 0 aliphatic carbocycles. The number of amides is 1. The lowest BCUT2D eigenvalue weighted by atomic mass is 10.2. The van der Waals surface area contributed by atoms with Crippen LogP contribution >= 0.6 is 0 Å². The Hall–Kier alpha value is -3.02. The average molecular weight is 308 g/mol. The van der Waals surface area contributed by atoms with Gasteiger partial charge in [0, 0.05) is 19.0 Å². The molecule has 1 amide bonds. The summed E-state index contributed by atoms with van der Waals surface area (Å²) in [6.07, 6.45) is 4.75. The molecule has 0 aliphatic rings. The van der Waals surface area contributed by atoms with Crippen molar-refractivity contribution in [3.05, 3.63) is 65.0 Å². The third-order valence-electron chi connectivity index (χ3n) is 3.42. The van der Waals surface area contributed by atoms with Crippen LogP contribution in [0, 0.1) is 0 Å². The summed E-state index contributed by atoms with van der Waals surface area (Å²) in [4.78, 5) is 34.9. The van der Waals surface area contributed by atoms with Gasteiger partial charge in [0.05, 0.1) is 22.8 Å².